The van der Waals surface area contributed by atoms with Crippen molar-refractivity contribution in [2.75, 3.05) is 13.7 Å². The van der Waals surface area contributed by atoms with E-state index in [0.29, 0.717) is 5.75 Å². The lowest BCUT2D eigenvalue weighted by molar-refractivity contribution is 0.329. The molecule has 1 saturated carbocycles. The molecule has 0 aliphatic heterocycles. The van der Waals surface area contributed by atoms with Crippen LogP contribution in [0.1, 0.15) is 57.1 Å². The van der Waals surface area contributed by atoms with Crippen molar-refractivity contribution < 1.29 is 9.13 Å². The fraction of sp³-hybridized carbons (Fsp3) is 0.647. The summed E-state index contributed by atoms with van der Waals surface area (Å²) in [5, 5.41) is 3.44. The summed E-state index contributed by atoms with van der Waals surface area (Å²) < 4.78 is 19.0. The van der Waals surface area contributed by atoms with Gasteiger partial charge in [-0.15, -0.1) is 0 Å². The predicted molar refractivity (Wildman–Crippen MR) is 80.6 cm³/mol. The van der Waals surface area contributed by atoms with Crippen LogP contribution >= 0.6 is 0 Å². The van der Waals surface area contributed by atoms with E-state index >= 15 is 0 Å². The van der Waals surface area contributed by atoms with Crippen LogP contribution in [0.2, 0.25) is 0 Å². The van der Waals surface area contributed by atoms with Crippen LogP contribution in [0, 0.1) is 11.7 Å². The standard InChI is InChI=1S/C17H26FNO/c1-13(16-9-8-15(20-2)12-17(16)18)19-11-10-14-6-4-3-5-7-14/h8-9,12-14,19H,3-7,10-11H2,1-2H3. The lowest BCUT2D eigenvalue weighted by Crippen LogP contribution is -2.23. The van der Waals surface area contributed by atoms with Crippen LogP contribution in [0.15, 0.2) is 18.2 Å². The first-order valence-corrected chi connectivity index (χ1v) is 7.77. The third-order valence-electron chi connectivity index (χ3n) is 4.40. The van der Waals surface area contributed by atoms with E-state index in [1.54, 1.807) is 7.11 Å². The van der Waals surface area contributed by atoms with Crippen molar-refractivity contribution in [3.05, 3.63) is 29.6 Å². The Balaban J connectivity index is 1.80. The lowest BCUT2D eigenvalue weighted by atomic mass is 9.87. The van der Waals surface area contributed by atoms with Crippen molar-refractivity contribution >= 4 is 0 Å². The minimum Gasteiger partial charge on any atom is -0.497 e. The number of ether oxygens (including phenoxy) is 1. The zero-order chi connectivity index (χ0) is 14.4. The minimum atomic E-state index is -0.193. The van der Waals surface area contributed by atoms with E-state index < -0.39 is 0 Å². The van der Waals surface area contributed by atoms with E-state index in [0.717, 1.165) is 18.0 Å². The highest BCUT2D eigenvalue weighted by molar-refractivity contribution is 5.30. The molecule has 0 saturated heterocycles. The van der Waals surface area contributed by atoms with E-state index in [9.17, 15) is 4.39 Å². The molecule has 2 rings (SSSR count). The quantitative estimate of drug-likeness (QED) is 0.830. The van der Waals surface area contributed by atoms with Crippen LogP contribution in [-0.4, -0.2) is 13.7 Å². The van der Waals surface area contributed by atoms with Crippen LogP contribution in [0.5, 0.6) is 5.75 Å². The van der Waals surface area contributed by atoms with Crippen LogP contribution in [-0.2, 0) is 0 Å². The van der Waals surface area contributed by atoms with Gasteiger partial charge in [0.05, 0.1) is 7.11 Å². The number of nitrogens with one attached hydrogen (secondary N) is 1. The molecule has 1 aromatic rings. The molecule has 1 aliphatic rings. The van der Waals surface area contributed by atoms with E-state index in [1.807, 2.05) is 19.1 Å². The highest BCUT2D eigenvalue weighted by Gasteiger charge is 2.15. The molecule has 0 amide bonds. The molecule has 1 fully saturated rings. The maximum absolute atomic E-state index is 13.9. The van der Waals surface area contributed by atoms with Gasteiger partial charge < -0.3 is 10.1 Å². The summed E-state index contributed by atoms with van der Waals surface area (Å²) in [5.41, 5.74) is 0.717. The van der Waals surface area contributed by atoms with Crippen molar-refractivity contribution in [3.63, 3.8) is 0 Å². The van der Waals surface area contributed by atoms with Crippen molar-refractivity contribution in [1.82, 2.24) is 5.32 Å². The van der Waals surface area contributed by atoms with Gasteiger partial charge in [-0.25, -0.2) is 4.39 Å². The Morgan fingerprint density at radius 2 is 2.05 bits per heavy atom. The van der Waals surface area contributed by atoms with Gasteiger partial charge in [0, 0.05) is 17.7 Å². The molecule has 112 valence electrons. The molecule has 20 heavy (non-hydrogen) atoms. The average molecular weight is 279 g/mol. The number of benzene rings is 1. The summed E-state index contributed by atoms with van der Waals surface area (Å²) in [7, 11) is 1.56. The monoisotopic (exact) mass is 279 g/mol. The Morgan fingerprint density at radius 1 is 1.30 bits per heavy atom. The highest BCUT2D eigenvalue weighted by atomic mass is 19.1. The summed E-state index contributed by atoms with van der Waals surface area (Å²) in [6.45, 7) is 2.99. The fourth-order valence-corrected chi connectivity index (χ4v) is 3.08. The number of hydrogen-bond acceptors (Lipinski definition) is 2. The first kappa shape index (κ1) is 15.3. The summed E-state index contributed by atoms with van der Waals surface area (Å²) >= 11 is 0. The molecule has 1 N–H and O–H groups in total. The summed E-state index contributed by atoms with van der Waals surface area (Å²) in [6.07, 6.45) is 8.11. The number of rotatable bonds is 6. The smallest absolute Gasteiger partial charge is 0.131 e. The van der Waals surface area contributed by atoms with Gasteiger partial charge in [-0.2, -0.15) is 0 Å². The molecule has 0 aromatic heterocycles. The lowest BCUT2D eigenvalue weighted by Gasteiger charge is -2.23. The first-order valence-electron chi connectivity index (χ1n) is 7.77. The molecule has 0 heterocycles. The Morgan fingerprint density at radius 3 is 2.70 bits per heavy atom. The molecule has 0 spiro atoms. The summed E-state index contributed by atoms with van der Waals surface area (Å²) in [6, 6.07) is 5.13. The molecule has 1 aliphatic carbocycles. The van der Waals surface area contributed by atoms with Gasteiger partial charge in [-0.1, -0.05) is 38.2 Å². The van der Waals surface area contributed by atoms with Gasteiger partial charge in [0.1, 0.15) is 11.6 Å². The Bertz CT molecular complexity index is 415. The van der Waals surface area contributed by atoms with E-state index in [-0.39, 0.29) is 11.9 Å². The molecule has 0 radical (unpaired) electrons. The molecular formula is C17H26FNO. The van der Waals surface area contributed by atoms with Gasteiger partial charge in [0.25, 0.3) is 0 Å². The largest absolute Gasteiger partial charge is 0.497 e. The number of hydrogen-bond donors (Lipinski definition) is 1. The van der Waals surface area contributed by atoms with Crippen LogP contribution < -0.4 is 10.1 Å². The maximum atomic E-state index is 13.9. The van der Waals surface area contributed by atoms with Crippen LogP contribution in [0.25, 0.3) is 0 Å². The zero-order valence-corrected chi connectivity index (χ0v) is 12.6. The third kappa shape index (κ3) is 4.20. The maximum Gasteiger partial charge on any atom is 0.131 e. The molecule has 0 bridgehead atoms. The Kier molecular flexibility index (Phi) is 5.84. The van der Waals surface area contributed by atoms with Gasteiger partial charge in [0.15, 0.2) is 0 Å². The van der Waals surface area contributed by atoms with Crippen molar-refractivity contribution in [2.24, 2.45) is 5.92 Å². The van der Waals surface area contributed by atoms with Crippen molar-refractivity contribution in [1.29, 1.82) is 0 Å². The highest BCUT2D eigenvalue weighted by Crippen LogP contribution is 2.26. The summed E-state index contributed by atoms with van der Waals surface area (Å²) in [4.78, 5) is 0. The minimum absolute atomic E-state index is 0.0458. The fourth-order valence-electron chi connectivity index (χ4n) is 3.08. The van der Waals surface area contributed by atoms with Crippen molar-refractivity contribution in [3.8, 4) is 5.75 Å². The second-order valence-electron chi connectivity index (χ2n) is 5.86. The molecule has 3 heteroatoms. The van der Waals surface area contributed by atoms with E-state index in [4.69, 9.17) is 4.74 Å². The molecule has 1 unspecified atom stereocenters. The van der Waals surface area contributed by atoms with E-state index in [2.05, 4.69) is 5.32 Å². The zero-order valence-electron chi connectivity index (χ0n) is 12.6. The molecular weight excluding hydrogens is 253 g/mol. The molecule has 1 aromatic carbocycles. The third-order valence-corrected chi connectivity index (χ3v) is 4.40. The second kappa shape index (κ2) is 7.63. The van der Waals surface area contributed by atoms with Gasteiger partial charge in [0.2, 0.25) is 0 Å². The SMILES string of the molecule is COc1ccc(C(C)NCCC2CCCCC2)c(F)c1. The van der Waals surface area contributed by atoms with Crippen molar-refractivity contribution in [2.45, 2.75) is 51.5 Å². The number of halogens is 1. The molecule has 2 nitrogen and oxygen atoms in total. The van der Waals surface area contributed by atoms with Gasteiger partial charge in [-0.3, -0.25) is 0 Å². The van der Waals surface area contributed by atoms with Gasteiger partial charge in [-0.05, 0) is 31.9 Å². The Hall–Kier alpha value is -1.09. The van der Waals surface area contributed by atoms with Gasteiger partial charge >= 0.3 is 0 Å². The van der Waals surface area contributed by atoms with Crippen LogP contribution in [0.3, 0.4) is 0 Å². The topological polar surface area (TPSA) is 21.3 Å². The normalized spacial score (nSPS) is 17.9. The van der Waals surface area contributed by atoms with E-state index in [1.165, 1.54) is 44.6 Å². The Labute approximate surface area is 121 Å². The summed E-state index contributed by atoms with van der Waals surface area (Å²) in [5.74, 6) is 1.24. The van der Waals surface area contributed by atoms with Crippen LogP contribution in [0.4, 0.5) is 4.39 Å². The first-order chi connectivity index (χ1) is 9.70. The second-order valence-corrected chi connectivity index (χ2v) is 5.86. The average Bonchev–Trinajstić information content (AvgIpc) is 2.48. The number of methoxy groups -OCH3 is 1. The predicted octanol–water partition coefficient (Wildman–Crippen LogP) is 4.46. The molecule has 1 atom stereocenters.